The Bertz CT molecular complexity index is 538. The van der Waals surface area contributed by atoms with Crippen molar-refractivity contribution in [1.82, 2.24) is 15.5 Å². The number of benzene rings is 1. The fourth-order valence-electron chi connectivity index (χ4n) is 2.37. The zero-order chi connectivity index (χ0) is 12.4. The summed E-state index contributed by atoms with van der Waals surface area (Å²) in [6.07, 6.45) is 4.22. The first-order valence-corrected chi connectivity index (χ1v) is 6.26. The molecule has 1 aliphatic rings. The summed E-state index contributed by atoms with van der Waals surface area (Å²) in [6.45, 7) is 1.98. The molecule has 1 unspecified atom stereocenters. The number of aromatic amines is 1. The molecule has 1 aliphatic heterocycles. The highest BCUT2D eigenvalue weighted by Gasteiger charge is 2.18. The zero-order valence-corrected chi connectivity index (χ0v) is 11.6. The predicted molar refractivity (Wildman–Crippen MR) is 76.4 cm³/mol. The fourth-order valence-corrected chi connectivity index (χ4v) is 2.37. The summed E-state index contributed by atoms with van der Waals surface area (Å²) >= 11 is 0. The minimum Gasteiger partial charge on any atom is -0.492 e. The molecule has 2 N–H and O–H groups in total. The Hall–Kier alpha value is -1.46. The van der Waals surface area contributed by atoms with Gasteiger partial charge in [0, 0.05) is 6.54 Å². The normalized spacial score (nSPS) is 18.9. The number of nitrogens with zero attached hydrogens (tertiary/aromatic N) is 1. The topological polar surface area (TPSA) is 59.2 Å². The molecular formula is C13H18ClN3O2. The van der Waals surface area contributed by atoms with Crippen LogP contribution < -0.4 is 14.8 Å². The van der Waals surface area contributed by atoms with Crippen molar-refractivity contribution in [2.75, 3.05) is 20.2 Å². The molecule has 5 nitrogen and oxygen atoms in total. The maximum Gasteiger partial charge on any atom is 0.171 e. The number of piperidine rings is 1. The molecule has 0 bridgehead atoms. The summed E-state index contributed by atoms with van der Waals surface area (Å²) in [5, 5.41) is 11.2. The van der Waals surface area contributed by atoms with E-state index in [2.05, 4.69) is 15.5 Å². The number of hydrogen-bond acceptors (Lipinski definition) is 4. The summed E-state index contributed by atoms with van der Waals surface area (Å²) in [7, 11) is 1.66. The molecule has 1 saturated heterocycles. The minimum atomic E-state index is 0. The van der Waals surface area contributed by atoms with E-state index in [1.165, 1.54) is 0 Å². The molecular weight excluding hydrogens is 266 g/mol. The van der Waals surface area contributed by atoms with E-state index in [-0.39, 0.29) is 18.5 Å². The number of fused-ring (bicyclic) bond motifs is 1. The molecule has 1 atom stereocenters. The molecule has 0 amide bonds. The Morgan fingerprint density at radius 2 is 2.26 bits per heavy atom. The second-order valence-electron chi connectivity index (χ2n) is 4.51. The highest BCUT2D eigenvalue weighted by Crippen LogP contribution is 2.35. The van der Waals surface area contributed by atoms with Crippen LogP contribution in [0.3, 0.4) is 0 Å². The van der Waals surface area contributed by atoms with Crippen LogP contribution in [0.5, 0.6) is 11.5 Å². The lowest BCUT2D eigenvalue weighted by Crippen LogP contribution is -2.37. The van der Waals surface area contributed by atoms with Crippen LogP contribution in [0.25, 0.3) is 10.9 Å². The number of hydrogen-bond donors (Lipinski definition) is 2. The van der Waals surface area contributed by atoms with E-state index in [4.69, 9.17) is 9.47 Å². The van der Waals surface area contributed by atoms with Gasteiger partial charge in [-0.05, 0) is 31.5 Å². The van der Waals surface area contributed by atoms with Crippen LogP contribution in [0, 0.1) is 0 Å². The number of rotatable bonds is 3. The highest BCUT2D eigenvalue weighted by molar-refractivity contribution is 5.87. The van der Waals surface area contributed by atoms with Crippen LogP contribution in [0.4, 0.5) is 0 Å². The first kappa shape index (κ1) is 14.0. The maximum absolute atomic E-state index is 6.03. The molecule has 2 heterocycles. The number of methoxy groups -OCH3 is 1. The van der Waals surface area contributed by atoms with Gasteiger partial charge in [-0.1, -0.05) is 0 Å². The lowest BCUT2D eigenvalue weighted by molar-refractivity contribution is 0.161. The summed E-state index contributed by atoms with van der Waals surface area (Å²) < 4.78 is 11.5. The minimum absolute atomic E-state index is 0. The van der Waals surface area contributed by atoms with E-state index < -0.39 is 0 Å². The molecule has 1 aromatic carbocycles. The number of halogens is 1. The van der Waals surface area contributed by atoms with Crippen molar-refractivity contribution in [3.05, 3.63) is 18.3 Å². The molecule has 2 aromatic rings. The first-order chi connectivity index (χ1) is 8.88. The molecule has 19 heavy (non-hydrogen) atoms. The lowest BCUT2D eigenvalue weighted by Gasteiger charge is -2.24. The van der Waals surface area contributed by atoms with Crippen molar-refractivity contribution >= 4 is 23.3 Å². The Morgan fingerprint density at radius 3 is 3.00 bits per heavy atom. The van der Waals surface area contributed by atoms with Crippen LogP contribution in [0.1, 0.15) is 12.8 Å². The highest BCUT2D eigenvalue weighted by atomic mass is 35.5. The molecule has 0 spiro atoms. The summed E-state index contributed by atoms with van der Waals surface area (Å²) in [5.74, 6) is 1.55. The van der Waals surface area contributed by atoms with E-state index in [1.807, 2.05) is 12.1 Å². The third kappa shape index (κ3) is 2.77. The zero-order valence-electron chi connectivity index (χ0n) is 10.8. The van der Waals surface area contributed by atoms with Gasteiger partial charge in [0.25, 0.3) is 0 Å². The Morgan fingerprint density at radius 1 is 1.37 bits per heavy atom. The van der Waals surface area contributed by atoms with Gasteiger partial charge in [-0.3, -0.25) is 5.10 Å². The van der Waals surface area contributed by atoms with Gasteiger partial charge in [-0.25, -0.2) is 0 Å². The molecule has 1 fully saturated rings. The van der Waals surface area contributed by atoms with Crippen molar-refractivity contribution in [3.8, 4) is 11.5 Å². The smallest absolute Gasteiger partial charge is 0.171 e. The van der Waals surface area contributed by atoms with Gasteiger partial charge in [0.2, 0.25) is 0 Å². The van der Waals surface area contributed by atoms with E-state index in [0.29, 0.717) is 0 Å². The monoisotopic (exact) mass is 283 g/mol. The van der Waals surface area contributed by atoms with Crippen molar-refractivity contribution in [3.63, 3.8) is 0 Å². The van der Waals surface area contributed by atoms with Gasteiger partial charge in [0.1, 0.15) is 6.10 Å². The van der Waals surface area contributed by atoms with Crippen LogP contribution >= 0.6 is 12.4 Å². The van der Waals surface area contributed by atoms with Crippen LogP contribution in [0.2, 0.25) is 0 Å². The standard InChI is InChI=1S/C13H17N3O2.ClH/c1-17-13-10-8-15-16-11(10)4-5-12(13)18-9-3-2-6-14-7-9;/h4-5,8-9,14H,2-3,6-7H2,1H3,(H,15,16);1H. The van der Waals surface area contributed by atoms with Crippen LogP contribution in [-0.2, 0) is 0 Å². The molecule has 0 radical (unpaired) electrons. The van der Waals surface area contributed by atoms with Gasteiger partial charge in [0.05, 0.1) is 24.2 Å². The molecule has 6 heteroatoms. The van der Waals surface area contributed by atoms with Gasteiger partial charge < -0.3 is 14.8 Å². The molecule has 0 aliphatic carbocycles. The predicted octanol–water partition coefficient (Wildman–Crippen LogP) is 2.12. The van der Waals surface area contributed by atoms with E-state index in [9.17, 15) is 0 Å². The molecule has 0 saturated carbocycles. The third-order valence-corrected chi connectivity index (χ3v) is 3.29. The molecule has 3 rings (SSSR count). The van der Waals surface area contributed by atoms with E-state index >= 15 is 0 Å². The average Bonchev–Trinajstić information content (AvgIpc) is 2.88. The first-order valence-electron chi connectivity index (χ1n) is 6.26. The van der Waals surface area contributed by atoms with Crippen molar-refractivity contribution in [1.29, 1.82) is 0 Å². The van der Waals surface area contributed by atoms with Gasteiger partial charge >= 0.3 is 0 Å². The lowest BCUT2D eigenvalue weighted by atomic mass is 10.1. The van der Waals surface area contributed by atoms with Gasteiger partial charge in [0.15, 0.2) is 11.5 Å². The summed E-state index contributed by atoms with van der Waals surface area (Å²) in [4.78, 5) is 0. The maximum atomic E-state index is 6.03. The van der Waals surface area contributed by atoms with Crippen molar-refractivity contribution in [2.24, 2.45) is 0 Å². The van der Waals surface area contributed by atoms with Gasteiger partial charge in [-0.2, -0.15) is 5.10 Å². The average molecular weight is 284 g/mol. The third-order valence-electron chi connectivity index (χ3n) is 3.29. The Balaban J connectivity index is 0.00000133. The Labute approximate surface area is 118 Å². The number of aromatic nitrogens is 2. The van der Waals surface area contributed by atoms with E-state index in [0.717, 1.165) is 48.3 Å². The summed E-state index contributed by atoms with van der Waals surface area (Å²) in [5.41, 5.74) is 0.959. The van der Waals surface area contributed by atoms with E-state index in [1.54, 1.807) is 13.3 Å². The SMILES string of the molecule is COc1c(OC2CCCNC2)ccc2[nH]ncc12.Cl. The van der Waals surface area contributed by atoms with Crippen LogP contribution in [-0.4, -0.2) is 36.5 Å². The summed E-state index contributed by atoms with van der Waals surface area (Å²) in [6, 6.07) is 3.91. The number of nitrogens with one attached hydrogen (secondary N) is 2. The second-order valence-corrected chi connectivity index (χ2v) is 4.51. The Kier molecular flexibility index (Phi) is 4.50. The largest absolute Gasteiger partial charge is 0.492 e. The van der Waals surface area contributed by atoms with Crippen molar-refractivity contribution < 1.29 is 9.47 Å². The van der Waals surface area contributed by atoms with Crippen molar-refractivity contribution in [2.45, 2.75) is 18.9 Å². The van der Waals surface area contributed by atoms with Gasteiger partial charge in [-0.15, -0.1) is 12.4 Å². The number of H-pyrrole nitrogens is 1. The number of ether oxygens (including phenoxy) is 2. The molecule has 1 aromatic heterocycles. The second kappa shape index (κ2) is 6.12. The molecule has 104 valence electrons. The van der Waals surface area contributed by atoms with Crippen LogP contribution in [0.15, 0.2) is 18.3 Å². The fraction of sp³-hybridized carbons (Fsp3) is 0.462. The quantitative estimate of drug-likeness (QED) is 0.906.